The standard InChI is InChI=1S/C32H39N3O6/c1-31(2,34)14-15-6-8-16(9-7-15)18-10-11-21(36)23-19(18)12-17-13-20-24(28(38)22(17)27(23)37)32(3,41)25(30(33)40)29(39)26(20)35(4)5/h6-11,17,20,24,26,36-37,39,41H,12-14,34H2,1-5H3,(H2,33,40)/t17?,20?,24?,26-,32?/m0/s1. The molecule has 218 valence electrons. The molecule has 1 saturated carbocycles. The Kier molecular flexibility index (Phi) is 6.84. The number of allylic oxidation sites excluding steroid dienone is 1. The lowest BCUT2D eigenvalue weighted by Gasteiger charge is -2.52. The van der Waals surface area contributed by atoms with Crippen molar-refractivity contribution >= 4 is 17.4 Å². The van der Waals surface area contributed by atoms with Crippen LogP contribution in [-0.4, -0.2) is 68.3 Å². The fourth-order valence-electron chi connectivity index (χ4n) is 7.48. The second-order valence-electron chi connectivity index (χ2n) is 12.9. The number of fused-ring (bicyclic) bond motifs is 3. The molecular formula is C32H39N3O6. The third-order valence-corrected chi connectivity index (χ3v) is 8.96. The van der Waals surface area contributed by atoms with Crippen LogP contribution in [0.5, 0.6) is 5.75 Å². The van der Waals surface area contributed by atoms with Crippen LogP contribution in [0.3, 0.4) is 0 Å². The van der Waals surface area contributed by atoms with E-state index in [4.69, 9.17) is 11.5 Å². The first kappa shape index (κ1) is 28.9. The van der Waals surface area contributed by atoms with E-state index in [0.29, 0.717) is 19.3 Å². The molecule has 5 rings (SSSR count). The van der Waals surface area contributed by atoms with Crippen LogP contribution >= 0.6 is 0 Å². The molecule has 0 heterocycles. The number of carbonyl (C=O) groups excluding carboxylic acids is 2. The summed E-state index contributed by atoms with van der Waals surface area (Å²) in [6.45, 7) is 5.25. The van der Waals surface area contributed by atoms with Crippen LogP contribution in [0, 0.1) is 17.8 Å². The zero-order valence-corrected chi connectivity index (χ0v) is 24.1. The van der Waals surface area contributed by atoms with E-state index in [1.807, 2.05) is 44.2 Å². The Hall–Kier alpha value is -3.66. The molecule has 5 atom stereocenters. The Bertz CT molecular complexity index is 1500. The smallest absolute Gasteiger partial charge is 0.251 e. The number of rotatable bonds is 5. The third kappa shape index (κ3) is 4.62. The van der Waals surface area contributed by atoms with Gasteiger partial charge in [0.25, 0.3) is 5.91 Å². The van der Waals surface area contributed by atoms with Gasteiger partial charge in [-0.05, 0) is 94.3 Å². The van der Waals surface area contributed by atoms with E-state index >= 15 is 0 Å². The number of nitrogens with zero attached hydrogens (tertiary/aromatic N) is 1. The second kappa shape index (κ2) is 9.72. The minimum atomic E-state index is -2.05. The van der Waals surface area contributed by atoms with Crippen LogP contribution < -0.4 is 11.5 Å². The summed E-state index contributed by atoms with van der Waals surface area (Å²) in [4.78, 5) is 28.2. The summed E-state index contributed by atoms with van der Waals surface area (Å²) in [5.41, 5.74) is 12.8. The van der Waals surface area contributed by atoms with Gasteiger partial charge in [-0.25, -0.2) is 0 Å². The molecule has 1 fully saturated rings. The largest absolute Gasteiger partial charge is 0.510 e. The van der Waals surface area contributed by atoms with Gasteiger partial charge in [0.2, 0.25) is 0 Å². The van der Waals surface area contributed by atoms with E-state index in [1.165, 1.54) is 13.0 Å². The molecule has 9 heteroatoms. The lowest BCUT2D eigenvalue weighted by atomic mass is 9.55. The summed E-state index contributed by atoms with van der Waals surface area (Å²) < 4.78 is 0. The van der Waals surface area contributed by atoms with Crippen molar-refractivity contribution in [3.05, 3.63) is 70.0 Å². The van der Waals surface area contributed by atoms with Crippen molar-refractivity contribution in [3.63, 3.8) is 0 Å². The number of hydrogen-bond acceptors (Lipinski definition) is 8. The first-order chi connectivity index (χ1) is 19.0. The van der Waals surface area contributed by atoms with Crippen molar-refractivity contribution in [3.8, 4) is 16.9 Å². The van der Waals surface area contributed by atoms with E-state index in [2.05, 4.69) is 0 Å². The predicted octanol–water partition coefficient (Wildman–Crippen LogP) is 2.98. The molecule has 2 aromatic rings. The van der Waals surface area contributed by atoms with Crippen molar-refractivity contribution in [1.29, 1.82) is 0 Å². The molecule has 3 aliphatic carbocycles. The van der Waals surface area contributed by atoms with Crippen LogP contribution in [0.15, 0.2) is 53.3 Å². The second-order valence-corrected chi connectivity index (χ2v) is 12.9. The van der Waals surface area contributed by atoms with E-state index in [0.717, 1.165) is 22.3 Å². The number of Topliss-reactive ketones (excluding diaryl/α,β-unsaturated/α-hetero) is 1. The van der Waals surface area contributed by atoms with Gasteiger partial charge in [0.05, 0.1) is 23.1 Å². The Labute approximate surface area is 239 Å². The van der Waals surface area contributed by atoms with Crippen LogP contribution in [0.25, 0.3) is 16.9 Å². The van der Waals surface area contributed by atoms with E-state index in [1.54, 1.807) is 19.0 Å². The summed E-state index contributed by atoms with van der Waals surface area (Å²) in [6.07, 6.45) is 1.42. The van der Waals surface area contributed by atoms with Crippen molar-refractivity contribution in [2.45, 2.75) is 57.2 Å². The number of ketones is 1. The van der Waals surface area contributed by atoms with Gasteiger partial charge in [-0.15, -0.1) is 0 Å². The van der Waals surface area contributed by atoms with Crippen LogP contribution in [-0.2, 0) is 22.4 Å². The molecule has 4 unspecified atom stereocenters. The van der Waals surface area contributed by atoms with Gasteiger partial charge in [0.1, 0.15) is 22.9 Å². The lowest BCUT2D eigenvalue weighted by molar-refractivity contribution is -0.139. The third-order valence-electron chi connectivity index (χ3n) is 8.96. The molecule has 1 amide bonds. The lowest BCUT2D eigenvalue weighted by Crippen LogP contribution is -2.61. The summed E-state index contributed by atoms with van der Waals surface area (Å²) in [7, 11) is 3.46. The van der Waals surface area contributed by atoms with Crippen molar-refractivity contribution < 1.29 is 30.0 Å². The molecule has 3 aliphatic rings. The van der Waals surface area contributed by atoms with Gasteiger partial charge in [0, 0.05) is 11.1 Å². The summed E-state index contributed by atoms with van der Waals surface area (Å²) >= 11 is 0. The fourth-order valence-corrected chi connectivity index (χ4v) is 7.48. The van der Waals surface area contributed by atoms with Gasteiger partial charge in [-0.3, -0.25) is 14.5 Å². The first-order valence-electron chi connectivity index (χ1n) is 13.9. The monoisotopic (exact) mass is 561 g/mol. The molecule has 9 nitrogen and oxygen atoms in total. The summed E-state index contributed by atoms with van der Waals surface area (Å²) in [5.74, 6) is -4.47. The highest BCUT2D eigenvalue weighted by molar-refractivity contribution is 6.08. The number of aromatic hydroxyl groups is 1. The minimum Gasteiger partial charge on any atom is -0.510 e. The molecule has 0 saturated heterocycles. The molecular weight excluding hydrogens is 522 g/mol. The predicted molar refractivity (Wildman–Crippen MR) is 156 cm³/mol. The number of nitrogens with two attached hydrogens (primary N) is 2. The molecule has 2 aromatic carbocycles. The average molecular weight is 562 g/mol. The number of benzene rings is 2. The minimum absolute atomic E-state index is 0.120. The zero-order chi connectivity index (χ0) is 30.2. The number of hydrogen-bond donors (Lipinski definition) is 6. The highest BCUT2D eigenvalue weighted by Crippen LogP contribution is 2.54. The quantitative estimate of drug-likeness (QED) is 0.324. The highest BCUT2D eigenvalue weighted by atomic mass is 16.3. The Morgan fingerprint density at radius 1 is 1.10 bits per heavy atom. The van der Waals surface area contributed by atoms with Crippen molar-refractivity contribution in [1.82, 2.24) is 4.90 Å². The van der Waals surface area contributed by atoms with E-state index < -0.39 is 46.7 Å². The maximum absolute atomic E-state index is 14.1. The van der Waals surface area contributed by atoms with Crippen LogP contribution in [0.1, 0.15) is 43.9 Å². The van der Waals surface area contributed by atoms with Gasteiger partial charge in [-0.2, -0.15) is 0 Å². The molecule has 0 aromatic heterocycles. The Morgan fingerprint density at radius 2 is 1.73 bits per heavy atom. The maximum atomic E-state index is 14.1. The van der Waals surface area contributed by atoms with Crippen LogP contribution in [0.4, 0.5) is 0 Å². The zero-order valence-electron chi connectivity index (χ0n) is 24.1. The Balaban J connectivity index is 1.63. The first-order valence-corrected chi connectivity index (χ1v) is 13.9. The summed E-state index contributed by atoms with van der Waals surface area (Å²) in [5, 5.41) is 45.1. The number of aliphatic hydroxyl groups is 3. The summed E-state index contributed by atoms with van der Waals surface area (Å²) in [6, 6.07) is 10.6. The van der Waals surface area contributed by atoms with Gasteiger partial charge in [-0.1, -0.05) is 30.3 Å². The molecule has 0 radical (unpaired) electrons. The normalized spacial score (nSPS) is 28.0. The fraction of sp³-hybridized carbons (Fsp3) is 0.438. The van der Waals surface area contributed by atoms with Gasteiger partial charge >= 0.3 is 0 Å². The topological polar surface area (TPSA) is 170 Å². The number of primary amides is 1. The van der Waals surface area contributed by atoms with E-state index in [9.17, 15) is 30.0 Å². The Morgan fingerprint density at radius 3 is 2.29 bits per heavy atom. The number of aliphatic hydroxyl groups excluding tert-OH is 2. The van der Waals surface area contributed by atoms with Gasteiger partial charge in [0.15, 0.2) is 5.78 Å². The van der Waals surface area contributed by atoms with Gasteiger partial charge < -0.3 is 31.9 Å². The van der Waals surface area contributed by atoms with Crippen molar-refractivity contribution in [2.75, 3.05) is 14.1 Å². The number of amides is 1. The SMILES string of the molecule is CN(C)[C@@H]1C(O)=C(C(N)=O)C(C)(O)C2C(=O)C3=C(O)c4c(O)ccc(-c5ccc(CC(C)(C)N)cc5)c4CC3CC21. The number of phenols is 1. The number of carbonyl (C=O) groups is 2. The number of likely N-dealkylation sites (N-methyl/N-ethyl adjacent to an activating group) is 1. The average Bonchev–Trinajstić information content (AvgIpc) is 2.82. The maximum Gasteiger partial charge on any atom is 0.251 e. The van der Waals surface area contributed by atoms with Crippen LogP contribution in [0.2, 0.25) is 0 Å². The molecule has 0 spiro atoms. The van der Waals surface area contributed by atoms with Crippen molar-refractivity contribution in [2.24, 2.45) is 29.2 Å². The highest BCUT2D eigenvalue weighted by Gasteiger charge is 2.60. The molecule has 41 heavy (non-hydrogen) atoms. The van der Waals surface area contributed by atoms with E-state index in [-0.39, 0.29) is 33.9 Å². The molecule has 0 aliphatic heterocycles. The molecule has 0 bridgehead atoms. The number of phenolic OH excluding ortho intramolecular Hbond substituents is 1. The molecule has 8 N–H and O–H groups in total.